The van der Waals surface area contributed by atoms with Gasteiger partial charge in [-0.1, -0.05) is 6.07 Å². The Morgan fingerprint density at radius 3 is 2.89 bits per heavy atom. The maximum atomic E-state index is 5.64. The summed E-state index contributed by atoms with van der Waals surface area (Å²) < 4.78 is 1.84. The van der Waals surface area contributed by atoms with Gasteiger partial charge in [0.2, 0.25) is 0 Å². The Kier molecular flexibility index (Phi) is 2.41. The van der Waals surface area contributed by atoms with E-state index in [0.29, 0.717) is 6.54 Å². The molecular weight excluding hydrogens is 226 g/mol. The first-order valence-electron chi connectivity index (χ1n) is 5.86. The lowest BCUT2D eigenvalue weighted by atomic mass is 10.2. The minimum absolute atomic E-state index is 0.538. The van der Waals surface area contributed by atoms with Crippen LogP contribution in [0, 0.1) is 6.92 Å². The molecule has 0 aliphatic heterocycles. The molecule has 0 bridgehead atoms. The van der Waals surface area contributed by atoms with Gasteiger partial charge in [-0.2, -0.15) is 5.10 Å². The summed E-state index contributed by atoms with van der Waals surface area (Å²) in [6, 6.07) is 6.03. The number of fused-ring (bicyclic) bond motifs is 1. The molecule has 0 saturated carbocycles. The first kappa shape index (κ1) is 11.0. The molecule has 3 N–H and O–H groups in total. The first-order valence-corrected chi connectivity index (χ1v) is 5.86. The average molecular weight is 241 g/mol. The molecule has 2 heterocycles. The highest BCUT2D eigenvalue weighted by Crippen LogP contribution is 2.23. The van der Waals surface area contributed by atoms with Crippen LogP contribution in [0.3, 0.4) is 0 Å². The lowest BCUT2D eigenvalue weighted by Crippen LogP contribution is -1.95. The summed E-state index contributed by atoms with van der Waals surface area (Å²) in [5.41, 5.74) is 10.8. The molecule has 3 rings (SSSR count). The zero-order valence-corrected chi connectivity index (χ0v) is 10.4. The van der Waals surface area contributed by atoms with Crippen molar-refractivity contribution < 1.29 is 0 Å². The monoisotopic (exact) mass is 241 g/mol. The molecule has 1 aromatic carbocycles. The molecule has 92 valence electrons. The maximum absolute atomic E-state index is 5.64. The van der Waals surface area contributed by atoms with E-state index in [1.165, 1.54) is 0 Å². The highest BCUT2D eigenvalue weighted by Gasteiger charge is 2.11. The third kappa shape index (κ3) is 1.60. The maximum Gasteiger partial charge on any atom is 0.141 e. The van der Waals surface area contributed by atoms with Gasteiger partial charge in [-0.3, -0.25) is 4.68 Å². The summed E-state index contributed by atoms with van der Waals surface area (Å²) in [6.45, 7) is 2.57. The Labute approximate surface area is 105 Å². The van der Waals surface area contributed by atoms with Gasteiger partial charge < -0.3 is 10.7 Å². The van der Waals surface area contributed by atoms with Gasteiger partial charge in [0.05, 0.1) is 22.8 Å². The molecule has 0 aliphatic carbocycles. The SMILES string of the molecule is Cc1c(-c2nc3ccc(CN)cc3[nH]2)cnn1C. The largest absolute Gasteiger partial charge is 0.338 e. The van der Waals surface area contributed by atoms with Crippen LogP contribution in [0.1, 0.15) is 11.3 Å². The molecule has 5 heteroatoms. The summed E-state index contributed by atoms with van der Waals surface area (Å²) >= 11 is 0. The molecule has 0 fully saturated rings. The normalized spacial score (nSPS) is 11.3. The number of imidazole rings is 1. The van der Waals surface area contributed by atoms with Crippen LogP contribution in [0.25, 0.3) is 22.4 Å². The predicted octanol–water partition coefficient (Wildman–Crippen LogP) is 1.73. The Balaban J connectivity index is 2.16. The molecule has 0 aliphatic rings. The summed E-state index contributed by atoms with van der Waals surface area (Å²) in [6.07, 6.45) is 1.83. The average Bonchev–Trinajstić information content (AvgIpc) is 2.93. The molecule has 3 aromatic rings. The van der Waals surface area contributed by atoms with Crippen molar-refractivity contribution in [2.24, 2.45) is 12.8 Å². The van der Waals surface area contributed by atoms with Crippen LogP contribution in [0.15, 0.2) is 24.4 Å². The van der Waals surface area contributed by atoms with Gasteiger partial charge in [0.15, 0.2) is 0 Å². The van der Waals surface area contributed by atoms with Crippen molar-refractivity contribution in [2.45, 2.75) is 13.5 Å². The van der Waals surface area contributed by atoms with Crippen molar-refractivity contribution in [1.82, 2.24) is 19.7 Å². The summed E-state index contributed by atoms with van der Waals surface area (Å²) in [5.74, 6) is 0.852. The van der Waals surface area contributed by atoms with E-state index in [2.05, 4.69) is 15.1 Å². The van der Waals surface area contributed by atoms with Crippen molar-refractivity contribution in [2.75, 3.05) is 0 Å². The molecule has 0 unspecified atom stereocenters. The van der Waals surface area contributed by atoms with E-state index in [0.717, 1.165) is 33.7 Å². The number of rotatable bonds is 2. The Bertz CT molecular complexity index is 707. The highest BCUT2D eigenvalue weighted by molar-refractivity contribution is 5.80. The first-order chi connectivity index (χ1) is 8.69. The fraction of sp³-hybridized carbons (Fsp3) is 0.231. The van der Waals surface area contributed by atoms with Crippen molar-refractivity contribution in [3.63, 3.8) is 0 Å². The number of H-pyrrole nitrogens is 1. The lowest BCUT2D eigenvalue weighted by Gasteiger charge is -1.95. The zero-order chi connectivity index (χ0) is 12.7. The number of nitrogens with one attached hydrogen (secondary N) is 1. The Morgan fingerprint density at radius 1 is 1.39 bits per heavy atom. The van der Waals surface area contributed by atoms with Crippen molar-refractivity contribution >= 4 is 11.0 Å². The van der Waals surface area contributed by atoms with Crippen LogP contribution >= 0.6 is 0 Å². The van der Waals surface area contributed by atoms with Gasteiger partial charge in [-0.05, 0) is 24.6 Å². The van der Waals surface area contributed by atoms with Crippen molar-refractivity contribution in [1.29, 1.82) is 0 Å². The molecule has 0 radical (unpaired) electrons. The van der Waals surface area contributed by atoms with Crippen LogP contribution in [-0.4, -0.2) is 19.7 Å². The Hall–Kier alpha value is -2.14. The second-order valence-electron chi connectivity index (χ2n) is 4.41. The minimum Gasteiger partial charge on any atom is -0.338 e. The number of hydrogen-bond acceptors (Lipinski definition) is 3. The van der Waals surface area contributed by atoms with Crippen LogP contribution < -0.4 is 5.73 Å². The smallest absolute Gasteiger partial charge is 0.141 e. The second kappa shape index (κ2) is 3.96. The number of hydrogen-bond donors (Lipinski definition) is 2. The van der Waals surface area contributed by atoms with Gasteiger partial charge in [0.25, 0.3) is 0 Å². The molecule has 0 spiro atoms. The van der Waals surface area contributed by atoms with E-state index in [1.807, 2.05) is 43.0 Å². The molecule has 18 heavy (non-hydrogen) atoms. The van der Waals surface area contributed by atoms with Crippen molar-refractivity contribution in [3.05, 3.63) is 35.7 Å². The van der Waals surface area contributed by atoms with Crippen molar-refractivity contribution in [3.8, 4) is 11.4 Å². The molecule has 0 amide bonds. The molecule has 0 saturated heterocycles. The fourth-order valence-electron chi connectivity index (χ4n) is 2.04. The molecular formula is C13H15N5. The van der Waals surface area contributed by atoms with Gasteiger partial charge in [0.1, 0.15) is 5.82 Å². The number of nitrogens with two attached hydrogens (primary N) is 1. The van der Waals surface area contributed by atoms with E-state index in [9.17, 15) is 0 Å². The third-order valence-electron chi connectivity index (χ3n) is 3.27. The lowest BCUT2D eigenvalue weighted by molar-refractivity contribution is 0.740. The fourth-order valence-corrected chi connectivity index (χ4v) is 2.04. The summed E-state index contributed by atoms with van der Waals surface area (Å²) in [5, 5.41) is 4.23. The van der Waals surface area contributed by atoms with E-state index in [1.54, 1.807) is 0 Å². The van der Waals surface area contributed by atoms with Gasteiger partial charge in [0, 0.05) is 19.3 Å². The van der Waals surface area contributed by atoms with Crippen LogP contribution in [-0.2, 0) is 13.6 Å². The Morgan fingerprint density at radius 2 is 2.22 bits per heavy atom. The quantitative estimate of drug-likeness (QED) is 0.717. The highest BCUT2D eigenvalue weighted by atomic mass is 15.3. The standard InChI is InChI=1S/C13H15N5/c1-8-10(7-15-18(8)2)13-16-11-4-3-9(6-14)5-12(11)17-13/h3-5,7H,6,14H2,1-2H3,(H,16,17). The number of aromatic amines is 1. The minimum atomic E-state index is 0.538. The summed E-state index contributed by atoms with van der Waals surface area (Å²) in [7, 11) is 1.92. The van der Waals surface area contributed by atoms with E-state index in [4.69, 9.17) is 5.73 Å². The predicted molar refractivity (Wildman–Crippen MR) is 70.9 cm³/mol. The van der Waals surface area contributed by atoms with Crippen LogP contribution in [0.2, 0.25) is 0 Å². The van der Waals surface area contributed by atoms with Gasteiger partial charge >= 0.3 is 0 Å². The van der Waals surface area contributed by atoms with Gasteiger partial charge in [-0.25, -0.2) is 4.98 Å². The van der Waals surface area contributed by atoms with Gasteiger partial charge in [-0.15, -0.1) is 0 Å². The van der Waals surface area contributed by atoms with E-state index >= 15 is 0 Å². The second-order valence-corrected chi connectivity index (χ2v) is 4.41. The third-order valence-corrected chi connectivity index (χ3v) is 3.27. The zero-order valence-electron chi connectivity index (χ0n) is 10.4. The number of nitrogens with zero attached hydrogens (tertiary/aromatic N) is 3. The number of aryl methyl sites for hydroxylation is 1. The van der Waals surface area contributed by atoms with E-state index < -0.39 is 0 Å². The number of benzene rings is 1. The number of aromatic nitrogens is 4. The summed E-state index contributed by atoms with van der Waals surface area (Å²) in [4.78, 5) is 7.90. The molecule has 5 nitrogen and oxygen atoms in total. The molecule has 0 atom stereocenters. The van der Waals surface area contributed by atoms with E-state index in [-0.39, 0.29) is 0 Å². The topological polar surface area (TPSA) is 72.5 Å². The van der Waals surface area contributed by atoms with Crippen LogP contribution in [0.4, 0.5) is 0 Å². The molecule has 2 aromatic heterocycles. The van der Waals surface area contributed by atoms with Crippen LogP contribution in [0.5, 0.6) is 0 Å².